The monoisotopic (exact) mass is 442 g/mol. The second kappa shape index (κ2) is 8.88. The second-order valence-electron chi connectivity index (χ2n) is 7.37. The highest BCUT2D eigenvalue weighted by molar-refractivity contribution is 6.13. The molecule has 0 bridgehead atoms. The molecule has 0 saturated carbocycles. The van der Waals surface area contributed by atoms with Crippen molar-refractivity contribution in [2.45, 2.75) is 13.8 Å². The minimum Gasteiger partial charge on any atom is -0.423 e. The molecule has 4 rings (SSSR count). The van der Waals surface area contributed by atoms with E-state index in [1.165, 1.54) is 12.1 Å². The van der Waals surface area contributed by atoms with Gasteiger partial charge in [-0.3, -0.25) is 10.1 Å². The zero-order valence-electron chi connectivity index (χ0n) is 17.8. The Balaban J connectivity index is 1.51. The zero-order valence-corrected chi connectivity index (χ0v) is 17.8. The van der Waals surface area contributed by atoms with Gasteiger partial charge in [-0.05, 0) is 61.4 Å². The summed E-state index contributed by atoms with van der Waals surface area (Å²) in [6.45, 7) is 3.43. The molecule has 8 nitrogen and oxygen atoms in total. The first-order chi connectivity index (χ1) is 15.8. The summed E-state index contributed by atoms with van der Waals surface area (Å²) in [4.78, 5) is 39.3. The van der Waals surface area contributed by atoms with E-state index >= 15 is 0 Å². The highest BCUT2D eigenvalue weighted by Crippen LogP contribution is 2.24. The quantitative estimate of drug-likeness (QED) is 0.185. The summed E-state index contributed by atoms with van der Waals surface area (Å²) in [7, 11) is 0. The molecule has 0 fully saturated rings. The number of hydrogen-bond donors (Lipinski definition) is 0. The van der Waals surface area contributed by atoms with Crippen LogP contribution in [0.3, 0.4) is 0 Å². The first-order valence-corrected chi connectivity index (χ1v) is 9.97. The van der Waals surface area contributed by atoms with Gasteiger partial charge in [-0.25, -0.2) is 14.6 Å². The van der Waals surface area contributed by atoms with Crippen LogP contribution in [0.4, 0.5) is 5.69 Å². The Hall–Kier alpha value is -4.59. The average molecular weight is 442 g/mol. The number of benzene rings is 3. The Labute approximate surface area is 189 Å². The van der Waals surface area contributed by atoms with Crippen LogP contribution in [-0.4, -0.2) is 22.8 Å². The van der Waals surface area contributed by atoms with E-state index in [0.717, 1.165) is 5.56 Å². The highest BCUT2D eigenvalue weighted by Gasteiger charge is 2.25. The van der Waals surface area contributed by atoms with Crippen LogP contribution in [0, 0.1) is 24.0 Å². The second-order valence-corrected chi connectivity index (χ2v) is 7.37. The van der Waals surface area contributed by atoms with Gasteiger partial charge in [0.2, 0.25) is 5.90 Å². The van der Waals surface area contributed by atoms with Gasteiger partial charge in [-0.15, -0.1) is 0 Å². The lowest BCUT2D eigenvalue weighted by atomic mass is 10.1. The largest absolute Gasteiger partial charge is 0.423 e. The van der Waals surface area contributed by atoms with Crippen molar-refractivity contribution in [3.63, 3.8) is 0 Å². The normalized spacial score (nSPS) is 14.1. The number of carbonyl (C=O) groups is 2. The molecule has 0 aromatic heterocycles. The van der Waals surface area contributed by atoms with Gasteiger partial charge in [0.25, 0.3) is 5.69 Å². The number of nitro benzene ring substituents is 1. The fourth-order valence-electron chi connectivity index (χ4n) is 3.28. The number of cyclic esters (lactones) is 1. The molecular weight excluding hydrogens is 424 g/mol. The number of aryl methyl sites for hydroxylation is 2. The molecule has 8 heteroatoms. The first kappa shape index (κ1) is 21.6. The van der Waals surface area contributed by atoms with E-state index in [1.807, 2.05) is 19.1 Å². The molecule has 0 radical (unpaired) electrons. The molecule has 0 unspecified atom stereocenters. The van der Waals surface area contributed by atoms with Gasteiger partial charge in [-0.2, -0.15) is 0 Å². The van der Waals surface area contributed by atoms with Crippen molar-refractivity contribution >= 4 is 29.6 Å². The third-order valence-electron chi connectivity index (χ3n) is 5.02. The molecule has 3 aromatic carbocycles. The smallest absolute Gasteiger partial charge is 0.363 e. The summed E-state index contributed by atoms with van der Waals surface area (Å²) in [6, 6.07) is 18.1. The average Bonchev–Trinajstić information content (AvgIpc) is 3.15. The van der Waals surface area contributed by atoms with Crippen LogP contribution in [0.1, 0.15) is 32.6 Å². The van der Waals surface area contributed by atoms with Crippen LogP contribution in [0.5, 0.6) is 5.75 Å². The van der Waals surface area contributed by atoms with Crippen LogP contribution < -0.4 is 4.74 Å². The van der Waals surface area contributed by atoms with E-state index in [4.69, 9.17) is 9.47 Å². The molecule has 164 valence electrons. The summed E-state index contributed by atoms with van der Waals surface area (Å²) in [5.41, 5.74) is 2.93. The number of nitro groups is 1. The van der Waals surface area contributed by atoms with E-state index in [2.05, 4.69) is 4.99 Å². The van der Waals surface area contributed by atoms with E-state index in [9.17, 15) is 19.7 Å². The predicted molar refractivity (Wildman–Crippen MR) is 121 cm³/mol. The number of rotatable bonds is 5. The maximum Gasteiger partial charge on any atom is 0.363 e. The van der Waals surface area contributed by atoms with Gasteiger partial charge >= 0.3 is 11.9 Å². The van der Waals surface area contributed by atoms with Gasteiger partial charge in [0.15, 0.2) is 5.70 Å². The van der Waals surface area contributed by atoms with E-state index < -0.39 is 16.9 Å². The molecule has 1 heterocycles. The summed E-state index contributed by atoms with van der Waals surface area (Å²) >= 11 is 0. The fourth-order valence-corrected chi connectivity index (χ4v) is 3.28. The van der Waals surface area contributed by atoms with Gasteiger partial charge < -0.3 is 9.47 Å². The molecule has 0 N–H and O–H groups in total. The fraction of sp³-hybridized carbons (Fsp3) is 0.0800. The first-order valence-electron chi connectivity index (χ1n) is 9.97. The van der Waals surface area contributed by atoms with Gasteiger partial charge in [0.1, 0.15) is 5.75 Å². The zero-order chi connectivity index (χ0) is 23.5. The highest BCUT2D eigenvalue weighted by atomic mass is 16.6. The molecule has 0 spiro atoms. The predicted octanol–water partition coefficient (Wildman–Crippen LogP) is 4.78. The van der Waals surface area contributed by atoms with Crippen molar-refractivity contribution in [3.05, 3.63) is 110 Å². The Bertz CT molecular complexity index is 1340. The van der Waals surface area contributed by atoms with Gasteiger partial charge in [-0.1, -0.05) is 30.3 Å². The van der Waals surface area contributed by atoms with E-state index in [1.54, 1.807) is 55.5 Å². The molecule has 0 amide bonds. The number of aliphatic imine (C=N–C) groups is 1. The minimum absolute atomic E-state index is 0.0253. The SMILES string of the molecule is Cc1ccccc1C(=O)Oc1ccc(/C=C2\N=C(c3ccc([N+](=O)[O-])c(C)c3)OC2=O)cc1. The topological polar surface area (TPSA) is 108 Å². The summed E-state index contributed by atoms with van der Waals surface area (Å²) in [5.74, 6) is -0.639. The van der Waals surface area contributed by atoms with Gasteiger partial charge in [0, 0.05) is 17.2 Å². The Kier molecular flexibility index (Phi) is 5.82. The van der Waals surface area contributed by atoms with Crippen LogP contribution in [0.15, 0.2) is 77.4 Å². The van der Waals surface area contributed by atoms with Crippen LogP contribution in [-0.2, 0) is 9.53 Å². The number of esters is 2. The van der Waals surface area contributed by atoms with Crippen molar-refractivity contribution in [1.29, 1.82) is 0 Å². The summed E-state index contributed by atoms with van der Waals surface area (Å²) in [5, 5.41) is 11.0. The van der Waals surface area contributed by atoms with Crippen molar-refractivity contribution in [1.82, 2.24) is 0 Å². The molecular formula is C25H18N2O6. The molecule has 1 aliphatic heterocycles. The summed E-state index contributed by atoms with van der Waals surface area (Å²) in [6.07, 6.45) is 1.54. The van der Waals surface area contributed by atoms with Crippen LogP contribution >= 0.6 is 0 Å². The van der Waals surface area contributed by atoms with Crippen molar-refractivity contribution < 1.29 is 24.0 Å². The number of ether oxygens (including phenoxy) is 2. The van der Waals surface area contributed by atoms with E-state index in [0.29, 0.717) is 28.0 Å². The molecule has 1 aliphatic rings. The lowest BCUT2D eigenvalue weighted by Gasteiger charge is -2.06. The van der Waals surface area contributed by atoms with Crippen molar-refractivity contribution in [2.75, 3.05) is 0 Å². The van der Waals surface area contributed by atoms with Crippen molar-refractivity contribution in [2.24, 2.45) is 4.99 Å². The lowest BCUT2D eigenvalue weighted by Crippen LogP contribution is -2.09. The molecule has 0 saturated heterocycles. The van der Waals surface area contributed by atoms with E-state index in [-0.39, 0.29) is 17.3 Å². The maximum absolute atomic E-state index is 12.3. The van der Waals surface area contributed by atoms with Crippen molar-refractivity contribution in [3.8, 4) is 5.75 Å². The maximum atomic E-state index is 12.3. The number of carbonyl (C=O) groups excluding carboxylic acids is 2. The number of hydrogen-bond acceptors (Lipinski definition) is 7. The molecule has 0 atom stereocenters. The number of nitrogens with zero attached hydrogens (tertiary/aromatic N) is 2. The summed E-state index contributed by atoms with van der Waals surface area (Å²) < 4.78 is 10.6. The Morgan fingerprint density at radius 2 is 1.76 bits per heavy atom. The Morgan fingerprint density at radius 1 is 1.03 bits per heavy atom. The van der Waals surface area contributed by atoms with Crippen LogP contribution in [0.2, 0.25) is 0 Å². The molecule has 33 heavy (non-hydrogen) atoms. The van der Waals surface area contributed by atoms with Crippen LogP contribution in [0.25, 0.3) is 6.08 Å². The Morgan fingerprint density at radius 3 is 2.42 bits per heavy atom. The van der Waals surface area contributed by atoms with Gasteiger partial charge in [0.05, 0.1) is 10.5 Å². The lowest BCUT2D eigenvalue weighted by molar-refractivity contribution is -0.385. The third-order valence-corrected chi connectivity index (χ3v) is 5.02. The third kappa shape index (κ3) is 4.69. The standard InChI is InChI=1S/C25H18N2O6/c1-15-5-3-4-6-20(15)24(28)32-19-10-7-17(8-11-19)14-21-25(29)33-23(26-21)18-9-12-22(27(30)31)16(2)13-18/h3-14H,1-2H3/b21-14-. The molecule has 3 aromatic rings. The minimum atomic E-state index is -0.629. The molecule has 0 aliphatic carbocycles.